The molecule has 3 rings (SSSR count). The third-order valence-corrected chi connectivity index (χ3v) is 4.02. The molecule has 0 spiro atoms. The number of hydrogen-bond donors (Lipinski definition) is 1. The fraction of sp³-hybridized carbons (Fsp3) is 0.0556. The van der Waals surface area contributed by atoms with E-state index in [1.165, 1.54) is 43.3 Å². The van der Waals surface area contributed by atoms with Crippen LogP contribution in [0.1, 0.15) is 27.6 Å². The minimum Gasteiger partial charge on any atom is -0.508 e. The van der Waals surface area contributed by atoms with E-state index >= 15 is 0 Å². The number of rotatable bonds is 2. The Bertz CT molecular complexity index is 917. The molecule has 0 saturated heterocycles. The maximum atomic E-state index is 12.8. The summed E-state index contributed by atoms with van der Waals surface area (Å²) in [5, 5.41) is 9.32. The largest absolute Gasteiger partial charge is 0.508 e. The van der Waals surface area contributed by atoms with Crippen LogP contribution in [0.4, 0.5) is 5.69 Å². The highest BCUT2D eigenvalue weighted by molar-refractivity contribution is 6.50. The minimum absolute atomic E-state index is 0.0783. The molecule has 0 bridgehead atoms. The van der Waals surface area contributed by atoms with Gasteiger partial charge in [-0.15, -0.1) is 0 Å². The number of Topliss-reactive ketones (excluding diaryl/α,β-unsaturated/α-hetero) is 2. The summed E-state index contributed by atoms with van der Waals surface area (Å²) < 4.78 is 0. The van der Waals surface area contributed by atoms with E-state index < -0.39 is 17.5 Å². The van der Waals surface area contributed by atoms with Crippen LogP contribution in [-0.4, -0.2) is 22.6 Å². The fourth-order valence-corrected chi connectivity index (χ4v) is 2.90. The summed E-state index contributed by atoms with van der Waals surface area (Å²) in [6, 6.07) is 12.1. The highest BCUT2D eigenvalue weighted by Crippen LogP contribution is 2.34. The molecule has 5 nitrogen and oxygen atoms in total. The van der Waals surface area contributed by atoms with E-state index in [1.54, 1.807) is 12.1 Å². The van der Waals surface area contributed by atoms with Crippen molar-refractivity contribution in [2.45, 2.75) is 6.92 Å². The van der Waals surface area contributed by atoms with Crippen molar-refractivity contribution < 1.29 is 19.5 Å². The van der Waals surface area contributed by atoms with Gasteiger partial charge in [-0.1, -0.05) is 41.9 Å². The van der Waals surface area contributed by atoms with Crippen molar-refractivity contribution in [1.29, 1.82) is 0 Å². The predicted molar refractivity (Wildman–Crippen MR) is 89.2 cm³/mol. The molecule has 0 radical (unpaired) electrons. The molecule has 1 aliphatic carbocycles. The molecule has 0 saturated carbocycles. The first-order valence-corrected chi connectivity index (χ1v) is 7.47. The maximum Gasteiger partial charge on any atom is 0.228 e. The molecule has 0 heterocycles. The van der Waals surface area contributed by atoms with Crippen LogP contribution in [0, 0.1) is 0 Å². The lowest BCUT2D eigenvalue weighted by Gasteiger charge is -2.27. The second kappa shape index (κ2) is 5.94. The highest BCUT2D eigenvalue weighted by atomic mass is 35.5. The van der Waals surface area contributed by atoms with E-state index in [1.807, 2.05) is 0 Å². The number of phenols is 1. The molecule has 2 aromatic carbocycles. The number of carbonyl (C=O) groups excluding carboxylic acids is 3. The zero-order valence-corrected chi connectivity index (χ0v) is 13.4. The Morgan fingerprint density at radius 2 is 1.62 bits per heavy atom. The molecule has 0 atom stereocenters. The smallest absolute Gasteiger partial charge is 0.228 e. The number of anilines is 1. The number of benzene rings is 2. The van der Waals surface area contributed by atoms with Gasteiger partial charge in [0.05, 0.1) is 5.69 Å². The lowest BCUT2D eigenvalue weighted by Crippen LogP contribution is -2.36. The van der Waals surface area contributed by atoms with E-state index in [4.69, 9.17) is 11.6 Å². The number of fused-ring (bicyclic) bond motifs is 1. The van der Waals surface area contributed by atoms with Crippen LogP contribution in [0.3, 0.4) is 0 Å². The summed E-state index contributed by atoms with van der Waals surface area (Å²) in [6.45, 7) is 1.25. The molecule has 6 heteroatoms. The summed E-state index contributed by atoms with van der Waals surface area (Å²) in [5.41, 5.74) is 0.429. The van der Waals surface area contributed by atoms with Gasteiger partial charge in [0.15, 0.2) is 0 Å². The molecular weight excluding hydrogens is 330 g/mol. The van der Waals surface area contributed by atoms with Crippen LogP contribution in [0.5, 0.6) is 5.75 Å². The van der Waals surface area contributed by atoms with Gasteiger partial charge in [-0.3, -0.25) is 19.3 Å². The zero-order chi connectivity index (χ0) is 17.4. The van der Waals surface area contributed by atoms with Crippen LogP contribution in [0.15, 0.2) is 59.3 Å². The van der Waals surface area contributed by atoms with Gasteiger partial charge in [0.2, 0.25) is 17.5 Å². The summed E-state index contributed by atoms with van der Waals surface area (Å²) in [5.74, 6) is -1.62. The normalized spacial score (nSPS) is 13.8. The summed E-state index contributed by atoms with van der Waals surface area (Å²) in [6.07, 6.45) is 0. The van der Waals surface area contributed by atoms with E-state index in [-0.39, 0.29) is 33.3 Å². The molecular formula is C18H12ClNO4. The quantitative estimate of drug-likeness (QED) is 0.909. The topological polar surface area (TPSA) is 74.7 Å². The van der Waals surface area contributed by atoms with Gasteiger partial charge in [0.25, 0.3) is 0 Å². The lowest BCUT2D eigenvalue weighted by atomic mass is 9.91. The van der Waals surface area contributed by atoms with Crippen LogP contribution in [0.25, 0.3) is 0 Å². The van der Waals surface area contributed by atoms with Crippen molar-refractivity contribution in [3.8, 4) is 5.75 Å². The van der Waals surface area contributed by atoms with Crippen LogP contribution < -0.4 is 4.90 Å². The molecule has 1 aliphatic rings. The number of phenolic OH excluding ortho intramolecular Hbond substituents is 1. The monoisotopic (exact) mass is 341 g/mol. The number of amides is 1. The number of allylic oxidation sites excluding steroid dienone is 2. The number of hydrogen-bond acceptors (Lipinski definition) is 4. The van der Waals surface area contributed by atoms with E-state index in [2.05, 4.69) is 0 Å². The van der Waals surface area contributed by atoms with E-state index in [9.17, 15) is 19.5 Å². The van der Waals surface area contributed by atoms with Gasteiger partial charge in [0.1, 0.15) is 16.5 Å². The molecule has 120 valence electrons. The SMILES string of the molecule is CC(=O)N(C1=C(Cl)C(=O)c2ccccc2C1=O)c1cccc(O)c1. The van der Waals surface area contributed by atoms with Crippen molar-refractivity contribution in [3.05, 3.63) is 70.4 Å². The molecule has 2 aromatic rings. The number of aromatic hydroxyl groups is 1. The second-order valence-corrected chi connectivity index (χ2v) is 5.62. The molecule has 24 heavy (non-hydrogen) atoms. The minimum atomic E-state index is -0.520. The van der Waals surface area contributed by atoms with Gasteiger partial charge in [-0.2, -0.15) is 0 Å². The van der Waals surface area contributed by atoms with Crippen LogP contribution in [0.2, 0.25) is 0 Å². The Hall–Kier alpha value is -2.92. The summed E-state index contributed by atoms with van der Waals surface area (Å²) in [7, 11) is 0. The third kappa shape index (κ3) is 2.49. The molecule has 0 aliphatic heterocycles. The van der Waals surface area contributed by atoms with Gasteiger partial charge >= 0.3 is 0 Å². The van der Waals surface area contributed by atoms with E-state index in [0.29, 0.717) is 0 Å². The van der Waals surface area contributed by atoms with Crippen LogP contribution >= 0.6 is 11.6 Å². The summed E-state index contributed by atoms with van der Waals surface area (Å²) in [4.78, 5) is 38.5. The zero-order valence-electron chi connectivity index (χ0n) is 12.6. The van der Waals surface area contributed by atoms with Crippen molar-refractivity contribution in [2.24, 2.45) is 0 Å². The van der Waals surface area contributed by atoms with Crippen molar-refractivity contribution in [1.82, 2.24) is 0 Å². The average Bonchev–Trinajstić information content (AvgIpc) is 2.56. The number of carbonyl (C=O) groups is 3. The van der Waals surface area contributed by atoms with Gasteiger partial charge in [-0.25, -0.2) is 0 Å². The molecule has 0 fully saturated rings. The lowest BCUT2D eigenvalue weighted by molar-refractivity contribution is -0.116. The Balaban J connectivity index is 2.22. The Morgan fingerprint density at radius 3 is 2.21 bits per heavy atom. The fourth-order valence-electron chi connectivity index (χ4n) is 2.63. The first kappa shape index (κ1) is 16.0. The Kier molecular flexibility index (Phi) is 3.95. The van der Waals surface area contributed by atoms with Crippen LogP contribution in [-0.2, 0) is 4.79 Å². The third-order valence-electron chi connectivity index (χ3n) is 3.67. The molecule has 0 aromatic heterocycles. The second-order valence-electron chi connectivity index (χ2n) is 5.24. The number of ketones is 2. The molecule has 1 amide bonds. The maximum absolute atomic E-state index is 12.8. The van der Waals surface area contributed by atoms with Gasteiger partial charge < -0.3 is 5.11 Å². The number of halogens is 1. The predicted octanol–water partition coefficient (Wildman–Crippen LogP) is 3.27. The average molecular weight is 342 g/mol. The molecule has 0 unspecified atom stereocenters. The van der Waals surface area contributed by atoms with Gasteiger partial charge in [0, 0.05) is 24.1 Å². The standard InChI is InChI=1S/C18H12ClNO4/c1-10(21)20(11-5-4-6-12(22)9-11)16-15(19)17(23)13-7-2-3-8-14(13)18(16)24/h2-9,22H,1H3. The number of nitrogens with zero attached hydrogens (tertiary/aromatic N) is 1. The van der Waals surface area contributed by atoms with Gasteiger partial charge in [-0.05, 0) is 12.1 Å². The van der Waals surface area contributed by atoms with Crippen molar-refractivity contribution in [3.63, 3.8) is 0 Å². The Labute approximate surface area is 142 Å². The first-order valence-electron chi connectivity index (χ1n) is 7.09. The Morgan fingerprint density at radius 1 is 1.00 bits per heavy atom. The highest BCUT2D eigenvalue weighted by Gasteiger charge is 2.36. The van der Waals surface area contributed by atoms with Crippen molar-refractivity contribution >= 4 is 34.8 Å². The summed E-state index contributed by atoms with van der Waals surface area (Å²) >= 11 is 6.14. The van der Waals surface area contributed by atoms with E-state index in [0.717, 1.165) is 4.90 Å². The first-order chi connectivity index (χ1) is 11.4. The molecule has 1 N–H and O–H groups in total. The van der Waals surface area contributed by atoms with Crippen molar-refractivity contribution in [2.75, 3.05) is 4.90 Å².